The molecule has 1 aromatic carbocycles. The third-order valence-corrected chi connectivity index (χ3v) is 4.93. The van der Waals surface area contributed by atoms with Crippen LogP contribution in [-0.4, -0.2) is 44.8 Å². The Balaban J connectivity index is 2.07. The number of hydrogen-bond acceptors (Lipinski definition) is 7. The van der Waals surface area contributed by atoms with E-state index in [1.165, 1.54) is 7.11 Å². The molecule has 1 amide bonds. The number of para-hydroxylation sites is 1. The standard InChI is InChI=1S/C20H28BNO7/c1-5-13(6-2)19(24)27-12-28-20(25)15-10-8-9-14-11-16(22-17(23)7-3)21(26-4)29-18(14)15/h8-10,13,16H,5-7,11-12H2,1-4H3,(H,22,23). The van der Waals surface area contributed by atoms with Gasteiger partial charge in [-0.1, -0.05) is 32.9 Å². The van der Waals surface area contributed by atoms with Crippen molar-refractivity contribution < 1.29 is 33.2 Å². The fourth-order valence-electron chi connectivity index (χ4n) is 3.18. The Kier molecular flexibility index (Phi) is 8.51. The Labute approximate surface area is 171 Å². The number of hydrogen-bond donors (Lipinski definition) is 1. The molecular weight excluding hydrogens is 377 g/mol. The Bertz CT molecular complexity index is 736. The highest BCUT2D eigenvalue weighted by atomic mass is 16.7. The van der Waals surface area contributed by atoms with Crippen LogP contribution in [0.1, 0.15) is 56.0 Å². The average Bonchev–Trinajstić information content (AvgIpc) is 2.73. The zero-order valence-corrected chi connectivity index (χ0v) is 17.4. The topological polar surface area (TPSA) is 100 Å². The molecule has 0 radical (unpaired) electrons. The quantitative estimate of drug-likeness (QED) is 0.382. The first-order valence-corrected chi connectivity index (χ1v) is 9.89. The average molecular weight is 405 g/mol. The van der Waals surface area contributed by atoms with Gasteiger partial charge in [-0.3, -0.25) is 9.59 Å². The molecule has 0 saturated carbocycles. The van der Waals surface area contributed by atoms with Crippen molar-refractivity contribution in [1.29, 1.82) is 0 Å². The summed E-state index contributed by atoms with van der Waals surface area (Å²) in [6.07, 6.45) is 2.13. The number of nitrogens with one attached hydrogen (secondary N) is 1. The minimum Gasteiger partial charge on any atom is -0.534 e. The van der Waals surface area contributed by atoms with E-state index in [4.69, 9.17) is 18.8 Å². The number of fused-ring (bicyclic) bond motifs is 1. The molecule has 0 aliphatic carbocycles. The maximum absolute atomic E-state index is 12.5. The van der Waals surface area contributed by atoms with E-state index in [2.05, 4.69) is 5.32 Å². The van der Waals surface area contributed by atoms with Crippen LogP contribution in [0.4, 0.5) is 0 Å². The molecule has 1 N–H and O–H groups in total. The van der Waals surface area contributed by atoms with Gasteiger partial charge in [0.25, 0.3) is 0 Å². The van der Waals surface area contributed by atoms with E-state index in [-0.39, 0.29) is 29.3 Å². The number of benzene rings is 1. The van der Waals surface area contributed by atoms with E-state index in [0.717, 1.165) is 5.56 Å². The molecule has 0 spiro atoms. The lowest BCUT2D eigenvalue weighted by Gasteiger charge is -2.30. The van der Waals surface area contributed by atoms with Gasteiger partial charge in [0.15, 0.2) is 0 Å². The molecule has 0 fully saturated rings. The highest BCUT2D eigenvalue weighted by molar-refractivity contribution is 6.48. The van der Waals surface area contributed by atoms with Crippen molar-refractivity contribution in [2.24, 2.45) is 5.92 Å². The molecule has 0 bridgehead atoms. The van der Waals surface area contributed by atoms with Crippen LogP contribution in [0.3, 0.4) is 0 Å². The van der Waals surface area contributed by atoms with Crippen LogP contribution in [0.5, 0.6) is 5.75 Å². The summed E-state index contributed by atoms with van der Waals surface area (Å²) in [7, 11) is 0.735. The lowest BCUT2D eigenvalue weighted by atomic mass is 9.71. The van der Waals surface area contributed by atoms with E-state index in [0.29, 0.717) is 31.4 Å². The second-order valence-electron chi connectivity index (χ2n) is 6.77. The zero-order chi connectivity index (χ0) is 21.4. The van der Waals surface area contributed by atoms with E-state index >= 15 is 0 Å². The molecule has 1 unspecified atom stereocenters. The summed E-state index contributed by atoms with van der Waals surface area (Å²) in [4.78, 5) is 36.2. The molecule has 0 saturated heterocycles. The first-order chi connectivity index (χ1) is 13.9. The van der Waals surface area contributed by atoms with Gasteiger partial charge >= 0.3 is 19.1 Å². The summed E-state index contributed by atoms with van der Waals surface area (Å²) >= 11 is 0. The maximum Gasteiger partial charge on any atom is 0.549 e. The summed E-state index contributed by atoms with van der Waals surface area (Å²) < 4.78 is 21.3. The van der Waals surface area contributed by atoms with Crippen LogP contribution in [0.25, 0.3) is 0 Å². The smallest absolute Gasteiger partial charge is 0.534 e. The fourth-order valence-corrected chi connectivity index (χ4v) is 3.18. The molecule has 1 heterocycles. The van der Waals surface area contributed by atoms with Gasteiger partial charge in [-0.2, -0.15) is 0 Å². The molecule has 9 heteroatoms. The monoisotopic (exact) mass is 405 g/mol. The van der Waals surface area contributed by atoms with Gasteiger partial charge in [0.1, 0.15) is 11.3 Å². The molecular formula is C20H28BNO7. The summed E-state index contributed by atoms with van der Waals surface area (Å²) in [6.45, 7) is 5.11. The summed E-state index contributed by atoms with van der Waals surface area (Å²) in [5.74, 6) is -1.39. The van der Waals surface area contributed by atoms with Crippen molar-refractivity contribution in [3.05, 3.63) is 29.3 Å². The van der Waals surface area contributed by atoms with Crippen LogP contribution >= 0.6 is 0 Å². The predicted molar refractivity (Wildman–Crippen MR) is 106 cm³/mol. The Morgan fingerprint density at radius 3 is 2.55 bits per heavy atom. The largest absolute Gasteiger partial charge is 0.549 e. The second-order valence-corrected chi connectivity index (χ2v) is 6.77. The number of carbonyl (C=O) groups excluding carboxylic acids is 3. The minimum atomic E-state index is -0.736. The summed E-state index contributed by atoms with van der Waals surface area (Å²) in [6, 6.07) is 5.10. The van der Waals surface area contributed by atoms with Crippen molar-refractivity contribution in [2.45, 2.75) is 52.4 Å². The first-order valence-electron chi connectivity index (χ1n) is 9.89. The lowest BCUT2D eigenvalue weighted by molar-refractivity contribution is -0.157. The Morgan fingerprint density at radius 1 is 1.21 bits per heavy atom. The highest BCUT2D eigenvalue weighted by Gasteiger charge is 2.39. The van der Waals surface area contributed by atoms with Crippen LogP contribution in [0.2, 0.25) is 0 Å². The zero-order valence-electron chi connectivity index (χ0n) is 17.4. The van der Waals surface area contributed by atoms with Crippen LogP contribution in [-0.2, 0) is 30.1 Å². The molecule has 158 valence electrons. The van der Waals surface area contributed by atoms with Crippen molar-refractivity contribution >= 4 is 25.0 Å². The van der Waals surface area contributed by atoms with E-state index in [1.54, 1.807) is 19.1 Å². The van der Waals surface area contributed by atoms with Gasteiger partial charge in [-0.05, 0) is 30.9 Å². The molecule has 1 aliphatic rings. The maximum atomic E-state index is 12.5. The normalized spacial score (nSPS) is 15.3. The Morgan fingerprint density at radius 2 is 1.93 bits per heavy atom. The first kappa shape index (κ1) is 22.7. The van der Waals surface area contributed by atoms with Gasteiger partial charge in [-0.25, -0.2) is 4.79 Å². The summed E-state index contributed by atoms with van der Waals surface area (Å²) in [5, 5.41) is 2.86. The van der Waals surface area contributed by atoms with Crippen LogP contribution < -0.4 is 9.97 Å². The predicted octanol–water partition coefficient (Wildman–Crippen LogP) is 2.28. The number of amides is 1. The molecule has 1 aliphatic heterocycles. The van der Waals surface area contributed by atoms with Gasteiger partial charge in [0, 0.05) is 13.5 Å². The highest BCUT2D eigenvalue weighted by Crippen LogP contribution is 2.31. The van der Waals surface area contributed by atoms with Gasteiger partial charge in [0.2, 0.25) is 12.7 Å². The number of rotatable bonds is 9. The SMILES string of the molecule is CCC(=O)NC1Cc2cccc(C(=O)OCOC(=O)C(CC)CC)c2OB1OC. The lowest BCUT2D eigenvalue weighted by Crippen LogP contribution is -2.54. The van der Waals surface area contributed by atoms with Crippen molar-refractivity contribution in [1.82, 2.24) is 5.32 Å². The van der Waals surface area contributed by atoms with Gasteiger partial charge in [0.05, 0.1) is 11.9 Å². The fraction of sp³-hybridized carbons (Fsp3) is 0.550. The Hall–Kier alpha value is -2.55. The number of carbonyl (C=O) groups is 3. The molecule has 29 heavy (non-hydrogen) atoms. The van der Waals surface area contributed by atoms with E-state index in [1.807, 2.05) is 19.9 Å². The van der Waals surface area contributed by atoms with Gasteiger partial charge in [-0.15, -0.1) is 0 Å². The molecule has 8 nitrogen and oxygen atoms in total. The third-order valence-electron chi connectivity index (χ3n) is 4.93. The molecule has 2 rings (SSSR count). The number of esters is 2. The minimum absolute atomic E-state index is 0.112. The van der Waals surface area contributed by atoms with Crippen molar-refractivity contribution in [3.63, 3.8) is 0 Å². The van der Waals surface area contributed by atoms with Crippen LogP contribution in [0.15, 0.2) is 18.2 Å². The van der Waals surface area contributed by atoms with E-state index in [9.17, 15) is 14.4 Å². The van der Waals surface area contributed by atoms with Crippen molar-refractivity contribution in [2.75, 3.05) is 13.9 Å². The van der Waals surface area contributed by atoms with E-state index < -0.39 is 19.9 Å². The van der Waals surface area contributed by atoms with Crippen molar-refractivity contribution in [3.8, 4) is 5.75 Å². The molecule has 1 aromatic rings. The molecule has 1 atom stereocenters. The molecule has 0 aromatic heterocycles. The van der Waals surface area contributed by atoms with Crippen LogP contribution in [0, 0.1) is 5.92 Å². The van der Waals surface area contributed by atoms with Gasteiger partial charge < -0.3 is 24.1 Å². The second kappa shape index (κ2) is 10.9. The number of ether oxygens (including phenoxy) is 2. The summed E-state index contributed by atoms with van der Waals surface area (Å²) in [5.41, 5.74) is 0.964. The third kappa shape index (κ3) is 5.73.